The molecule has 1 nitrogen and oxygen atoms in total. The molecule has 0 radical (unpaired) electrons. The van der Waals surface area contributed by atoms with Crippen LogP contribution in [0, 0.1) is 0 Å². The summed E-state index contributed by atoms with van der Waals surface area (Å²) < 4.78 is 9.32. The molecule has 5 rings (SSSR count). The van der Waals surface area contributed by atoms with Gasteiger partial charge in [-0.25, -0.2) is 0 Å². The van der Waals surface area contributed by atoms with Crippen LogP contribution in [0.2, 0.25) is 19.6 Å². The lowest BCUT2D eigenvalue weighted by Crippen LogP contribution is -2.41. The molecule has 0 bridgehead atoms. The summed E-state index contributed by atoms with van der Waals surface area (Å²) in [6.45, 7) is 7.11. The van der Waals surface area contributed by atoms with Gasteiger partial charge in [0.2, 0.25) is 0 Å². The lowest BCUT2D eigenvalue weighted by molar-refractivity contribution is 0.726. The summed E-state index contributed by atoms with van der Waals surface area (Å²) in [7, 11) is -1.62. The summed E-state index contributed by atoms with van der Waals surface area (Å²) in [4.78, 5) is 4.97. The molecule has 1 aliphatic carbocycles. The summed E-state index contributed by atoms with van der Waals surface area (Å²) >= 11 is 0. The van der Waals surface area contributed by atoms with E-state index >= 15 is 0 Å². The van der Waals surface area contributed by atoms with Crippen LogP contribution in [0.3, 0.4) is 0 Å². The van der Waals surface area contributed by atoms with Gasteiger partial charge in [-0.05, 0) is 63.9 Å². The molecule has 1 heterocycles. The molecule has 1 aromatic heterocycles. The maximum absolute atomic E-state index is 9.32. The molecule has 0 unspecified atom stereocenters. The molecule has 3 aromatic carbocycles. The van der Waals surface area contributed by atoms with Gasteiger partial charge in [0.1, 0.15) is 0 Å². The van der Waals surface area contributed by atoms with Gasteiger partial charge in [0.15, 0.2) is 0 Å². The zero-order valence-corrected chi connectivity index (χ0v) is 20.9. The Morgan fingerprint density at radius 3 is 1.94 bits per heavy atom. The summed E-state index contributed by atoms with van der Waals surface area (Å²) in [5.74, 6) is -0.473. The summed E-state index contributed by atoms with van der Waals surface area (Å²) in [5, 5.41) is 1.34. The molecule has 2 heteroatoms. The smallest absolute Gasteiger partial charge is 0.0799 e. The Bertz CT molecular complexity index is 1290. The highest BCUT2D eigenvalue weighted by Gasteiger charge is 2.27. The number of hydrogen-bond donors (Lipinski definition) is 0. The molecule has 0 saturated heterocycles. The van der Waals surface area contributed by atoms with Crippen LogP contribution in [-0.4, -0.2) is 13.1 Å². The van der Waals surface area contributed by atoms with Gasteiger partial charge in [0.05, 0.1) is 13.8 Å². The van der Waals surface area contributed by atoms with Crippen molar-refractivity contribution in [1.29, 1.82) is 0 Å². The standard InChI is InChI=1S/C31H33NSi/c1-33(2,3)31-22-32-30(21-29(31)25-16-10-11-17-25)26-18-19-27(23-12-6-4-7-13-23)28(20-26)24-14-8-5-9-15-24/h4-9,12-15,18-22,25H,10-11,16-17H2,1-3H3/i25D. The van der Waals surface area contributed by atoms with Crippen LogP contribution >= 0.6 is 0 Å². The Morgan fingerprint density at radius 2 is 1.33 bits per heavy atom. The maximum Gasteiger partial charge on any atom is 0.0799 e. The minimum atomic E-state index is -1.62. The Balaban J connectivity index is 1.67. The summed E-state index contributed by atoms with van der Waals surface area (Å²) in [6, 6.07) is 30.2. The van der Waals surface area contributed by atoms with Gasteiger partial charge in [-0.15, -0.1) is 0 Å². The van der Waals surface area contributed by atoms with Crippen LogP contribution < -0.4 is 5.19 Å². The number of hydrogen-bond acceptors (Lipinski definition) is 1. The number of benzene rings is 3. The number of aromatic nitrogens is 1. The van der Waals surface area contributed by atoms with Gasteiger partial charge in [-0.3, -0.25) is 4.98 Å². The van der Waals surface area contributed by atoms with E-state index < -0.39 is 14.0 Å². The van der Waals surface area contributed by atoms with Crippen LogP contribution in [0.4, 0.5) is 0 Å². The van der Waals surface area contributed by atoms with E-state index in [0.717, 1.165) is 36.9 Å². The van der Waals surface area contributed by atoms with Gasteiger partial charge in [0, 0.05) is 13.1 Å². The van der Waals surface area contributed by atoms with Crippen molar-refractivity contribution in [3.63, 3.8) is 0 Å². The Kier molecular flexibility index (Phi) is 5.69. The predicted octanol–water partition coefficient (Wildman–Crippen LogP) is 8.29. The normalized spacial score (nSPS) is 15.9. The fourth-order valence-corrected chi connectivity index (χ4v) is 6.51. The average Bonchev–Trinajstić information content (AvgIpc) is 3.31. The fourth-order valence-electron chi connectivity index (χ4n) is 5.00. The number of rotatable bonds is 5. The van der Waals surface area contributed by atoms with E-state index in [-0.39, 0.29) is 0 Å². The van der Waals surface area contributed by atoms with Gasteiger partial charge < -0.3 is 0 Å². The van der Waals surface area contributed by atoms with Crippen molar-refractivity contribution in [2.24, 2.45) is 0 Å². The molecule has 33 heavy (non-hydrogen) atoms. The first-order valence-electron chi connectivity index (χ1n) is 12.6. The zero-order valence-electron chi connectivity index (χ0n) is 20.9. The first-order chi connectivity index (χ1) is 16.4. The topological polar surface area (TPSA) is 12.9 Å². The van der Waals surface area contributed by atoms with E-state index in [1.54, 1.807) is 0 Å². The highest BCUT2D eigenvalue weighted by molar-refractivity contribution is 6.89. The van der Waals surface area contributed by atoms with Crippen LogP contribution in [0.5, 0.6) is 0 Å². The van der Waals surface area contributed by atoms with Crippen LogP contribution in [0.15, 0.2) is 91.1 Å². The van der Waals surface area contributed by atoms with Crippen LogP contribution in [0.25, 0.3) is 33.5 Å². The van der Waals surface area contributed by atoms with Crippen molar-refractivity contribution < 1.29 is 1.37 Å². The van der Waals surface area contributed by atoms with Crippen molar-refractivity contribution >= 4 is 13.3 Å². The molecule has 166 valence electrons. The lowest BCUT2D eigenvalue weighted by Gasteiger charge is -2.24. The van der Waals surface area contributed by atoms with E-state index in [0.29, 0.717) is 0 Å². The van der Waals surface area contributed by atoms with Gasteiger partial charge in [-0.2, -0.15) is 0 Å². The Morgan fingerprint density at radius 1 is 0.727 bits per heavy atom. The molecule has 0 N–H and O–H groups in total. The summed E-state index contributed by atoms with van der Waals surface area (Å²) in [6.07, 6.45) is 6.30. The quantitative estimate of drug-likeness (QED) is 0.280. The molecule has 1 fully saturated rings. The van der Waals surface area contributed by atoms with Gasteiger partial charge in [0.25, 0.3) is 0 Å². The molecular weight excluding hydrogens is 414 g/mol. The molecule has 0 amide bonds. The third kappa shape index (κ3) is 4.58. The zero-order chi connectivity index (χ0) is 23.8. The SMILES string of the molecule is [2H]C1(c2cc(-c3ccc(-c4ccccc4)c(-c4ccccc4)c3)ncc2[Si](C)(C)C)CCCC1. The van der Waals surface area contributed by atoms with Crippen LogP contribution in [0.1, 0.15) is 38.5 Å². The second kappa shape index (κ2) is 9.11. The summed E-state index contributed by atoms with van der Waals surface area (Å²) in [5.41, 5.74) is 8.17. The highest BCUT2D eigenvalue weighted by atomic mass is 28.3. The van der Waals surface area contributed by atoms with Gasteiger partial charge >= 0.3 is 0 Å². The fraction of sp³-hybridized carbons (Fsp3) is 0.258. The lowest BCUT2D eigenvalue weighted by atomic mass is 9.91. The van der Waals surface area contributed by atoms with E-state index in [9.17, 15) is 1.37 Å². The monoisotopic (exact) mass is 448 g/mol. The van der Waals surface area contributed by atoms with E-state index in [2.05, 4.69) is 111 Å². The van der Waals surface area contributed by atoms with E-state index in [1.807, 2.05) is 0 Å². The van der Waals surface area contributed by atoms with Crippen LogP contribution in [-0.2, 0) is 0 Å². The highest BCUT2D eigenvalue weighted by Crippen LogP contribution is 2.38. The second-order valence-electron chi connectivity index (χ2n) is 10.2. The first-order valence-corrected chi connectivity index (χ1v) is 15.6. The molecule has 1 aliphatic rings. The average molecular weight is 449 g/mol. The third-order valence-electron chi connectivity index (χ3n) is 6.78. The molecule has 4 aromatic rings. The first kappa shape index (κ1) is 20.6. The molecule has 1 saturated carbocycles. The van der Waals surface area contributed by atoms with Crippen molar-refractivity contribution in [2.45, 2.75) is 51.2 Å². The Labute approximate surface area is 201 Å². The van der Waals surface area contributed by atoms with Crippen molar-refractivity contribution in [1.82, 2.24) is 4.98 Å². The van der Waals surface area contributed by atoms with Crippen molar-refractivity contribution in [2.75, 3.05) is 0 Å². The van der Waals surface area contributed by atoms with Crippen molar-refractivity contribution in [3.8, 4) is 33.5 Å². The van der Waals surface area contributed by atoms with Gasteiger partial charge in [-0.1, -0.05) is 105 Å². The van der Waals surface area contributed by atoms with E-state index in [1.165, 1.54) is 33.0 Å². The third-order valence-corrected chi connectivity index (χ3v) is 8.80. The second-order valence-corrected chi connectivity index (χ2v) is 15.2. The minimum Gasteiger partial charge on any atom is -0.256 e. The maximum atomic E-state index is 9.32. The molecular formula is C31H33NSi. The predicted molar refractivity (Wildman–Crippen MR) is 145 cm³/mol. The molecule has 0 aliphatic heterocycles. The number of pyridine rings is 1. The minimum absolute atomic E-state index is 0.473. The van der Waals surface area contributed by atoms with E-state index in [4.69, 9.17) is 4.98 Å². The molecule has 0 spiro atoms. The molecule has 0 atom stereocenters. The Hall–Kier alpha value is -2.97. The number of nitrogens with zero attached hydrogens (tertiary/aromatic N) is 1. The van der Waals surface area contributed by atoms with Crippen molar-refractivity contribution in [3.05, 3.63) is 96.7 Å². The largest absolute Gasteiger partial charge is 0.256 e.